The van der Waals surface area contributed by atoms with Gasteiger partial charge in [0.15, 0.2) is 11.5 Å². The van der Waals surface area contributed by atoms with Crippen molar-refractivity contribution in [1.82, 2.24) is 10.3 Å². The fourth-order valence-electron chi connectivity index (χ4n) is 2.35. The topological polar surface area (TPSA) is 52.6 Å². The SMILES string of the molecule is COc1ccnc(CNC2(C)CCCOC2)c1OC. The summed E-state index contributed by atoms with van der Waals surface area (Å²) in [5.41, 5.74) is 0.863. The lowest BCUT2D eigenvalue weighted by Gasteiger charge is -2.34. The largest absolute Gasteiger partial charge is 0.493 e. The minimum Gasteiger partial charge on any atom is -0.493 e. The molecule has 1 N–H and O–H groups in total. The fourth-order valence-corrected chi connectivity index (χ4v) is 2.35. The van der Waals surface area contributed by atoms with Gasteiger partial charge in [-0.3, -0.25) is 4.98 Å². The molecule has 0 radical (unpaired) electrons. The van der Waals surface area contributed by atoms with Gasteiger partial charge in [-0.15, -0.1) is 0 Å². The van der Waals surface area contributed by atoms with Crippen LogP contribution < -0.4 is 14.8 Å². The first-order chi connectivity index (χ1) is 9.18. The van der Waals surface area contributed by atoms with Crippen molar-refractivity contribution in [1.29, 1.82) is 0 Å². The Morgan fingerprint density at radius 3 is 2.89 bits per heavy atom. The van der Waals surface area contributed by atoms with Crippen molar-refractivity contribution in [2.45, 2.75) is 31.8 Å². The molecule has 0 spiro atoms. The lowest BCUT2D eigenvalue weighted by molar-refractivity contribution is 0.0275. The Kier molecular flexibility index (Phi) is 4.61. The molecular formula is C14H22N2O3. The van der Waals surface area contributed by atoms with Crippen LogP contribution in [0.1, 0.15) is 25.5 Å². The molecule has 2 heterocycles. The molecule has 1 aromatic rings. The highest BCUT2D eigenvalue weighted by Gasteiger charge is 2.27. The van der Waals surface area contributed by atoms with E-state index < -0.39 is 0 Å². The molecule has 2 rings (SSSR count). The van der Waals surface area contributed by atoms with Gasteiger partial charge in [-0.25, -0.2) is 0 Å². The summed E-state index contributed by atoms with van der Waals surface area (Å²) >= 11 is 0. The monoisotopic (exact) mass is 266 g/mol. The lowest BCUT2D eigenvalue weighted by atomic mass is 9.95. The third-order valence-corrected chi connectivity index (χ3v) is 3.49. The fraction of sp³-hybridized carbons (Fsp3) is 0.643. The molecule has 1 fully saturated rings. The molecule has 0 bridgehead atoms. The zero-order valence-electron chi connectivity index (χ0n) is 11.9. The molecule has 0 aromatic carbocycles. The number of nitrogens with one attached hydrogen (secondary N) is 1. The summed E-state index contributed by atoms with van der Waals surface area (Å²) in [4.78, 5) is 4.37. The van der Waals surface area contributed by atoms with Crippen LogP contribution >= 0.6 is 0 Å². The van der Waals surface area contributed by atoms with Gasteiger partial charge in [0.25, 0.3) is 0 Å². The molecule has 1 aliphatic rings. The molecule has 1 aliphatic heterocycles. The van der Waals surface area contributed by atoms with Crippen molar-refractivity contribution in [2.24, 2.45) is 0 Å². The third kappa shape index (κ3) is 3.36. The van der Waals surface area contributed by atoms with Gasteiger partial charge in [0.05, 0.1) is 26.5 Å². The van der Waals surface area contributed by atoms with E-state index >= 15 is 0 Å². The molecule has 106 valence electrons. The van der Waals surface area contributed by atoms with Crippen LogP contribution in [-0.4, -0.2) is 38.0 Å². The van der Waals surface area contributed by atoms with E-state index in [1.54, 1.807) is 26.5 Å². The Hall–Kier alpha value is -1.33. The van der Waals surface area contributed by atoms with E-state index in [0.717, 1.165) is 31.7 Å². The maximum absolute atomic E-state index is 5.54. The van der Waals surface area contributed by atoms with E-state index in [9.17, 15) is 0 Å². The average Bonchev–Trinajstić information content (AvgIpc) is 2.45. The van der Waals surface area contributed by atoms with Gasteiger partial charge in [-0.2, -0.15) is 0 Å². The van der Waals surface area contributed by atoms with Gasteiger partial charge in [0.2, 0.25) is 0 Å². The summed E-state index contributed by atoms with van der Waals surface area (Å²) in [5, 5.41) is 3.52. The molecule has 1 saturated heterocycles. The van der Waals surface area contributed by atoms with Crippen LogP contribution in [0.3, 0.4) is 0 Å². The first-order valence-corrected chi connectivity index (χ1v) is 6.57. The number of pyridine rings is 1. The van der Waals surface area contributed by atoms with Crippen molar-refractivity contribution in [3.05, 3.63) is 18.0 Å². The lowest BCUT2D eigenvalue weighted by Crippen LogP contribution is -2.48. The van der Waals surface area contributed by atoms with Crippen LogP contribution in [0.4, 0.5) is 0 Å². The number of ether oxygens (including phenoxy) is 3. The first kappa shape index (κ1) is 14.1. The van der Waals surface area contributed by atoms with Crippen molar-refractivity contribution >= 4 is 0 Å². The summed E-state index contributed by atoms with van der Waals surface area (Å²) in [7, 11) is 3.26. The average molecular weight is 266 g/mol. The second-order valence-electron chi connectivity index (χ2n) is 5.06. The molecule has 5 heteroatoms. The van der Waals surface area contributed by atoms with E-state index in [0.29, 0.717) is 18.0 Å². The summed E-state index contributed by atoms with van der Waals surface area (Å²) in [5.74, 6) is 1.40. The number of hydrogen-bond donors (Lipinski definition) is 1. The molecule has 0 amide bonds. The van der Waals surface area contributed by atoms with Gasteiger partial charge in [0.1, 0.15) is 0 Å². The second kappa shape index (κ2) is 6.21. The van der Waals surface area contributed by atoms with Gasteiger partial charge >= 0.3 is 0 Å². The minimum atomic E-state index is 0.00795. The second-order valence-corrected chi connectivity index (χ2v) is 5.06. The highest BCUT2D eigenvalue weighted by atomic mass is 16.5. The smallest absolute Gasteiger partial charge is 0.183 e. The Morgan fingerprint density at radius 2 is 2.26 bits per heavy atom. The molecule has 1 unspecified atom stereocenters. The Balaban J connectivity index is 2.06. The van der Waals surface area contributed by atoms with Crippen LogP contribution in [0.2, 0.25) is 0 Å². The first-order valence-electron chi connectivity index (χ1n) is 6.57. The van der Waals surface area contributed by atoms with E-state index in [2.05, 4.69) is 17.2 Å². The van der Waals surface area contributed by atoms with Crippen molar-refractivity contribution in [2.75, 3.05) is 27.4 Å². The normalized spacial score (nSPS) is 23.1. The van der Waals surface area contributed by atoms with Crippen LogP contribution in [0.15, 0.2) is 12.3 Å². The number of hydrogen-bond acceptors (Lipinski definition) is 5. The predicted octanol–water partition coefficient (Wildman–Crippen LogP) is 1.76. The number of rotatable bonds is 5. The van der Waals surface area contributed by atoms with E-state index in [4.69, 9.17) is 14.2 Å². The van der Waals surface area contributed by atoms with Gasteiger partial charge in [-0.05, 0) is 19.8 Å². The van der Waals surface area contributed by atoms with Crippen LogP contribution in [-0.2, 0) is 11.3 Å². The van der Waals surface area contributed by atoms with Gasteiger partial charge < -0.3 is 19.5 Å². The standard InChI is InChI=1S/C14H22N2O3/c1-14(6-4-8-19-10-14)16-9-11-13(18-3)12(17-2)5-7-15-11/h5,7,16H,4,6,8-10H2,1-3H3. The highest BCUT2D eigenvalue weighted by Crippen LogP contribution is 2.29. The Bertz CT molecular complexity index is 417. The van der Waals surface area contributed by atoms with Crippen molar-refractivity contribution in [3.8, 4) is 11.5 Å². The summed E-state index contributed by atoms with van der Waals surface area (Å²) in [6.07, 6.45) is 3.93. The van der Waals surface area contributed by atoms with Crippen LogP contribution in [0, 0.1) is 0 Å². The molecule has 0 aliphatic carbocycles. The highest BCUT2D eigenvalue weighted by molar-refractivity contribution is 5.42. The molecular weight excluding hydrogens is 244 g/mol. The number of methoxy groups -OCH3 is 2. The van der Waals surface area contributed by atoms with E-state index in [-0.39, 0.29) is 5.54 Å². The van der Waals surface area contributed by atoms with Gasteiger partial charge in [-0.1, -0.05) is 0 Å². The van der Waals surface area contributed by atoms with E-state index in [1.165, 1.54) is 0 Å². The molecule has 0 saturated carbocycles. The Morgan fingerprint density at radius 1 is 1.42 bits per heavy atom. The summed E-state index contributed by atoms with van der Waals surface area (Å²) in [6.45, 7) is 4.41. The third-order valence-electron chi connectivity index (χ3n) is 3.49. The molecule has 19 heavy (non-hydrogen) atoms. The van der Waals surface area contributed by atoms with Crippen molar-refractivity contribution in [3.63, 3.8) is 0 Å². The quantitative estimate of drug-likeness (QED) is 0.880. The van der Waals surface area contributed by atoms with Crippen LogP contribution in [0.25, 0.3) is 0 Å². The number of nitrogens with zero attached hydrogens (tertiary/aromatic N) is 1. The zero-order valence-corrected chi connectivity index (χ0v) is 11.9. The Labute approximate surface area is 114 Å². The molecule has 5 nitrogen and oxygen atoms in total. The van der Waals surface area contributed by atoms with Crippen LogP contribution in [0.5, 0.6) is 11.5 Å². The molecule has 1 aromatic heterocycles. The maximum Gasteiger partial charge on any atom is 0.183 e. The van der Waals surface area contributed by atoms with Crippen molar-refractivity contribution < 1.29 is 14.2 Å². The van der Waals surface area contributed by atoms with Gasteiger partial charge in [0, 0.05) is 31.0 Å². The van der Waals surface area contributed by atoms with E-state index in [1.807, 2.05) is 0 Å². The number of aromatic nitrogens is 1. The summed E-state index contributed by atoms with van der Waals surface area (Å²) in [6, 6.07) is 1.80. The molecule has 1 atom stereocenters. The maximum atomic E-state index is 5.54. The minimum absolute atomic E-state index is 0.00795. The predicted molar refractivity (Wildman–Crippen MR) is 72.6 cm³/mol. The summed E-state index contributed by atoms with van der Waals surface area (Å²) < 4.78 is 16.2. The zero-order chi connectivity index (χ0) is 13.7.